The Hall–Kier alpha value is -2.42. The van der Waals surface area contributed by atoms with Crippen LogP contribution in [0.3, 0.4) is 0 Å². The Morgan fingerprint density at radius 1 is 1.27 bits per heavy atom. The molecule has 2 aliphatic rings. The number of rotatable bonds is 7. The van der Waals surface area contributed by atoms with Gasteiger partial charge in [-0.15, -0.1) is 0 Å². The molecule has 1 aliphatic heterocycles. The minimum Gasteiger partial charge on any atom is -0.343 e. The van der Waals surface area contributed by atoms with E-state index < -0.39 is 0 Å². The number of ketones is 1. The number of hydrogen-bond acceptors (Lipinski definition) is 7. The highest BCUT2D eigenvalue weighted by Gasteiger charge is 2.11. The summed E-state index contributed by atoms with van der Waals surface area (Å²) in [6.45, 7) is 4.85. The summed E-state index contributed by atoms with van der Waals surface area (Å²) in [6.07, 6.45) is 13.2. The van der Waals surface area contributed by atoms with Crippen LogP contribution in [0.25, 0.3) is 10.9 Å². The number of nitrogens with zero attached hydrogens (tertiary/aromatic N) is 4. The van der Waals surface area contributed by atoms with Crippen LogP contribution in [0, 0.1) is 0 Å². The molecule has 0 spiro atoms. The highest BCUT2D eigenvalue weighted by Crippen LogP contribution is 2.26. The lowest BCUT2D eigenvalue weighted by Crippen LogP contribution is -2.43. The van der Waals surface area contributed by atoms with E-state index in [9.17, 15) is 4.79 Å². The number of hydrogen-bond donors (Lipinski definition) is 2. The molecule has 0 aromatic carbocycles. The fourth-order valence-corrected chi connectivity index (χ4v) is 4.08. The van der Waals surface area contributed by atoms with E-state index in [0.29, 0.717) is 0 Å². The van der Waals surface area contributed by atoms with E-state index in [2.05, 4.69) is 58.6 Å². The number of allylic oxidation sites excluding steroid dienone is 5. The van der Waals surface area contributed by atoms with Gasteiger partial charge in [0, 0.05) is 54.0 Å². The first-order valence-electron chi connectivity index (χ1n) is 10.2. The van der Waals surface area contributed by atoms with Crippen LogP contribution in [0.15, 0.2) is 53.1 Å². The van der Waals surface area contributed by atoms with Crippen LogP contribution in [0.5, 0.6) is 0 Å². The summed E-state index contributed by atoms with van der Waals surface area (Å²) in [5.74, 6) is 0.784. The van der Waals surface area contributed by atoms with Crippen LogP contribution in [0.4, 0.5) is 5.82 Å². The van der Waals surface area contributed by atoms with E-state index in [0.717, 1.165) is 78.2 Å². The Labute approximate surface area is 184 Å². The maximum absolute atomic E-state index is 12.4. The van der Waals surface area contributed by atoms with E-state index in [1.807, 2.05) is 12.1 Å². The molecule has 0 amide bonds. The molecule has 0 atom stereocenters. The summed E-state index contributed by atoms with van der Waals surface area (Å²) in [7, 11) is 0. The van der Waals surface area contributed by atoms with Gasteiger partial charge >= 0.3 is 0 Å². The van der Waals surface area contributed by atoms with Crippen LogP contribution in [0.2, 0.25) is 0 Å². The number of fused-ring (bicyclic) bond motifs is 1. The van der Waals surface area contributed by atoms with Gasteiger partial charge in [0.1, 0.15) is 12.1 Å². The Morgan fingerprint density at radius 3 is 2.97 bits per heavy atom. The Kier molecular flexibility index (Phi) is 6.99. The molecule has 1 saturated heterocycles. The Bertz CT molecular complexity index is 1010. The van der Waals surface area contributed by atoms with Crippen molar-refractivity contribution in [2.75, 3.05) is 38.0 Å². The molecule has 8 heteroatoms. The maximum Gasteiger partial charge on any atom is 0.161 e. The number of piperazine rings is 1. The molecule has 2 aromatic heterocycles. The van der Waals surface area contributed by atoms with E-state index in [1.165, 1.54) is 6.33 Å². The largest absolute Gasteiger partial charge is 0.343 e. The maximum atomic E-state index is 12.4. The van der Waals surface area contributed by atoms with Crippen molar-refractivity contribution in [3.63, 3.8) is 0 Å². The normalized spacial score (nSPS) is 17.8. The molecule has 0 bridgehead atoms. The van der Waals surface area contributed by atoms with Crippen molar-refractivity contribution in [2.24, 2.45) is 0 Å². The Balaban J connectivity index is 1.44. The van der Waals surface area contributed by atoms with Gasteiger partial charge in [-0.05, 0) is 31.1 Å². The van der Waals surface area contributed by atoms with Crippen LogP contribution < -0.4 is 10.6 Å². The van der Waals surface area contributed by atoms with E-state index in [4.69, 9.17) is 0 Å². The molecular formula is C22H25BrN6O. The fourth-order valence-electron chi connectivity index (χ4n) is 3.58. The van der Waals surface area contributed by atoms with E-state index in [1.54, 1.807) is 12.3 Å². The lowest BCUT2D eigenvalue weighted by Gasteiger charge is -2.25. The zero-order chi connectivity index (χ0) is 20.8. The quantitative estimate of drug-likeness (QED) is 0.604. The van der Waals surface area contributed by atoms with Gasteiger partial charge in [0.25, 0.3) is 0 Å². The third-order valence-corrected chi connectivity index (χ3v) is 5.71. The number of pyridine rings is 1. The second-order valence-corrected chi connectivity index (χ2v) is 8.35. The third-order valence-electron chi connectivity index (χ3n) is 5.15. The van der Waals surface area contributed by atoms with Crippen LogP contribution in [-0.4, -0.2) is 58.4 Å². The molecule has 4 rings (SSSR count). The van der Waals surface area contributed by atoms with Crippen LogP contribution >= 0.6 is 15.9 Å². The van der Waals surface area contributed by atoms with Crippen LogP contribution in [0.1, 0.15) is 18.5 Å². The average Bonchev–Trinajstić information content (AvgIpc) is 2.75. The van der Waals surface area contributed by atoms with Gasteiger partial charge in [-0.3, -0.25) is 14.7 Å². The standard InChI is InChI=1S/C22H25BrN6O/c23-16-3-1-4-17(11-16)28-22-20-13-18(25-14-21(20)26-15-27-22)12-19(30)5-2-8-29-9-6-24-7-10-29/h2-3,5,11,13-15,24H,1,4,6-10,12H2,(H,26,27,28)/b5-2+. The number of aromatic nitrogens is 3. The molecule has 2 N–H and O–H groups in total. The van der Waals surface area contributed by atoms with Gasteiger partial charge in [0.05, 0.1) is 18.1 Å². The molecule has 1 fully saturated rings. The first-order valence-corrected chi connectivity index (χ1v) is 11.0. The highest BCUT2D eigenvalue weighted by molar-refractivity contribution is 9.11. The summed E-state index contributed by atoms with van der Waals surface area (Å²) in [5, 5.41) is 7.60. The van der Waals surface area contributed by atoms with Crippen molar-refractivity contribution in [1.29, 1.82) is 0 Å². The fraction of sp³-hybridized carbons (Fsp3) is 0.364. The number of nitrogens with one attached hydrogen (secondary N) is 2. The minimum atomic E-state index is 0.0485. The highest BCUT2D eigenvalue weighted by atomic mass is 79.9. The van der Waals surface area contributed by atoms with Gasteiger partial charge in [-0.25, -0.2) is 9.97 Å². The topological polar surface area (TPSA) is 83.0 Å². The molecular weight excluding hydrogens is 444 g/mol. The zero-order valence-corrected chi connectivity index (χ0v) is 18.4. The Morgan fingerprint density at radius 2 is 2.13 bits per heavy atom. The van der Waals surface area contributed by atoms with E-state index >= 15 is 0 Å². The molecule has 1 aliphatic carbocycles. The van der Waals surface area contributed by atoms with E-state index in [-0.39, 0.29) is 12.2 Å². The molecule has 0 unspecified atom stereocenters. The van der Waals surface area contributed by atoms with Gasteiger partial charge in [-0.2, -0.15) is 0 Å². The third kappa shape index (κ3) is 5.59. The molecule has 0 radical (unpaired) electrons. The van der Waals surface area contributed by atoms with Gasteiger partial charge < -0.3 is 10.6 Å². The molecule has 7 nitrogen and oxygen atoms in total. The minimum absolute atomic E-state index is 0.0485. The first-order chi connectivity index (χ1) is 14.7. The van der Waals surface area contributed by atoms with Gasteiger partial charge in [0.2, 0.25) is 0 Å². The molecule has 156 valence electrons. The smallest absolute Gasteiger partial charge is 0.161 e. The average molecular weight is 469 g/mol. The molecule has 0 saturated carbocycles. The lowest BCUT2D eigenvalue weighted by molar-refractivity contribution is -0.114. The summed E-state index contributed by atoms with van der Waals surface area (Å²) in [5.41, 5.74) is 2.56. The van der Waals surface area contributed by atoms with Crippen molar-refractivity contribution >= 4 is 38.4 Å². The second kappa shape index (κ2) is 10.1. The molecule has 3 heterocycles. The summed E-state index contributed by atoms with van der Waals surface area (Å²) < 4.78 is 1.06. The van der Waals surface area contributed by atoms with Crippen molar-refractivity contribution in [2.45, 2.75) is 19.3 Å². The molecule has 2 aromatic rings. The number of anilines is 1. The lowest BCUT2D eigenvalue weighted by atomic mass is 10.1. The van der Waals surface area contributed by atoms with Gasteiger partial charge in [0.15, 0.2) is 5.78 Å². The summed E-state index contributed by atoms with van der Waals surface area (Å²) in [4.78, 5) is 27.9. The number of carbonyl (C=O) groups excluding carboxylic acids is 1. The first kappa shape index (κ1) is 20.8. The number of carbonyl (C=O) groups is 1. The van der Waals surface area contributed by atoms with Crippen molar-refractivity contribution in [3.05, 3.63) is 58.8 Å². The van der Waals surface area contributed by atoms with Crippen molar-refractivity contribution in [3.8, 4) is 0 Å². The summed E-state index contributed by atoms with van der Waals surface area (Å²) in [6, 6.07) is 1.91. The van der Waals surface area contributed by atoms with Crippen molar-refractivity contribution in [1.82, 2.24) is 25.2 Å². The number of halogens is 1. The SMILES string of the molecule is O=C(/C=C/CN1CCNCC1)Cc1cc2c(NC3=CC(Br)=CCC3)ncnc2cn1. The second-order valence-electron chi connectivity index (χ2n) is 7.43. The van der Waals surface area contributed by atoms with Crippen LogP contribution in [-0.2, 0) is 11.2 Å². The van der Waals surface area contributed by atoms with Gasteiger partial charge in [-0.1, -0.05) is 28.1 Å². The molecule has 30 heavy (non-hydrogen) atoms. The zero-order valence-electron chi connectivity index (χ0n) is 16.8. The monoisotopic (exact) mass is 468 g/mol. The predicted octanol–water partition coefficient (Wildman–Crippen LogP) is 2.97. The van der Waals surface area contributed by atoms with Crippen molar-refractivity contribution < 1.29 is 4.79 Å². The summed E-state index contributed by atoms with van der Waals surface area (Å²) >= 11 is 3.53. The predicted molar refractivity (Wildman–Crippen MR) is 122 cm³/mol.